The molecule has 2 rings (SSSR count). The predicted octanol–water partition coefficient (Wildman–Crippen LogP) is 1.92. The van der Waals surface area contributed by atoms with Crippen LogP contribution in [-0.2, 0) is 14.3 Å². The third kappa shape index (κ3) is 3.75. The molecule has 0 saturated heterocycles. The molecule has 3 N–H and O–H groups in total. The summed E-state index contributed by atoms with van der Waals surface area (Å²) in [4.78, 5) is 24.1. The van der Waals surface area contributed by atoms with Gasteiger partial charge < -0.3 is 20.1 Å². The first-order valence-electron chi connectivity index (χ1n) is 9.46. The van der Waals surface area contributed by atoms with E-state index in [1.807, 2.05) is 13.8 Å². The van der Waals surface area contributed by atoms with E-state index in [0.29, 0.717) is 17.6 Å². The molecule has 0 aromatic rings. The molecule has 0 aromatic heterocycles. The summed E-state index contributed by atoms with van der Waals surface area (Å²) < 4.78 is 5.38. The number of aliphatic hydroxyl groups excluding tert-OH is 1. The molecule has 6 heteroatoms. The van der Waals surface area contributed by atoms with Crippen molar-refractivity contribution in [1.29, 1.82) is 0 Å². The fourth-order valence-electron chi connectivity index (χ4n) is 5.02. The highest BCUT2D eigenvalue weighted by Crippen LogP contribution is 2.52. The molecule has 6 nitrogen and oxygen atoms in total. The average Bonchev–Trinajstić information content (AvgIpc) is 2.70. The number of ether oxygens (including phenoxy) is 1. The fourth-order valence-corrected chi connectivity index (χ4v) is 5.02. The Balaban J connectivity index is 2.51. The van der Waals surface area contributed by atoms with Gasteiger partial charge in [-0.25, -0.2) is 0 Å². The Kier molecular flexibility index (Phi) is 5.77. The molecule has 0 aliphatic heterocycles. The molecular weight excluding hydrogens is 348 g/mol. The van der Waals surface area contributed by atoms with Crippen LogP contribution in [0.5, 0.6) is 0 Å². The Bertz CT molecular complexity index is 691. The van der Waals surface area contributed by atoms with Gasteiger partial charge in [0.1, 0.15) is 11.2 Å². The van der Waals surface area contributed by atoms with Crippen LogP contribution in [0.3, 0.4) is 0 Å². The maximum Gasteiger partial charge on any atom is 0.303 e. The van der Waals surface area contributed by atoms with Gasteiger partial charge in [0.2, 0.25) is 0 Å². The van der Waals surface area contributed by atoms with Crippen LogP contribution in [-0.4, -0.2) is 50.5 Å². The second kappa shape index (κ2) is 7.15. The van der Waals surface area contributed by atoms with Crippen molar-refractivity contribution in [3.05, 3.63) is 23.3 Å². The Morgan fingerprint density at radius 2 is 1.96 bits per heavy atom. The summed E-state index contributed by atoms with van der Waals surface area (Å²) in [5.74, 6) is -2.44. The summed E-state index contributed by atoms with van der Waals surface area (Å²) in [6.07, 6.45) is 3.75. The zero-order valence-electron chi connectivity index (χ0n) is 17.1. The lowest BCUT2D eigenvalue weighted by molar-refractivity contribution is -0.171. The number of aliphatic hydroxyl groups is 3. The Labute approximate surface area is 160 Å². The normalized spacial score (nSPS) is 35.1. The third-order valence-corrected chi connectivity index (χ3v) is 6.10. The number of Topliss-reactive ketones (excluding diaryl/α,β-unsaturated/α-hetero) is 1. The van der Waals surface area contributed by atoms with Crippen molar-refractivity contribution in [1.82, 2.24) is 0 Å². The Morgan fingerprint density at radius 1 is 1.37 bits per heavy atom. The van der Waals surface area contributed by atoms with Gasteiger partial charge in [-0.15, -0.1) is 0 Å². The van der Waals surface area contributed by atoms with E-state index in [9.17, 15) is 24.9 Å². The lowest BCUT2D eigenvalue weighted by atomic mass is 9.64. The Hall–Kier alpha value is -1.50. The maximum atomic E-state index is 12.7. The zero-order valence-corrected chi connectivity index (χ0v) is 17.1. The molecule has 2 aliphatic rings. The number of fused-ring (bicyclic) bond motifs is 1. The smallest absolute Gasteiger partial charge is 0.303 e. The summed E-state index contributed by atoms with van der Waals surface area (Å²) in [7, 11) is 0. The quantitative estimate of drug-likeness (QED) is 0.497. The Morgan fingerprint density at radius 3 is 2.48 bits per heavy atom. The highest BCUT2D eigenvalue weighted by atomic mass is 16.6. The first-order chi connectivity index (χ1) is 12.3. The highest BCUT2D eigenvalue weighted by Gasteiger charge is 2.61. The van der Waals surface area contributed by atoms with E-state index in [2.05, 4.69) is 0 Å². The van der Waals surface area contributed by atoms with Gasteiger partial charge in [-0.05, 0) is 44.3 Å². The number of hydrogen-bond donors (Lipinski definition) is 3. The number of carbonyl (C=O) groups is 2. The number of ketones is 1. The van der Waals surface area contributed by atoms with Gasteiger partial charge in [-0.2, -0.15) is 0 Å². The molecule has 0 fully saturated rings. The van der Waals surface area contributed by atoms with Gasteiger partial charge in [0, 0.05) is 25.2 Å². The van der Waals surface area contributed by atoms with Gasteiger partial charge in [-0.1, -0.05) is 26.0 Å². The van der Waals surface area contributed by atoms with Gasteiger partial charge in [-0.3, -0.25) is 9.59 Å². The van der Waals surface area contributed by atoms with Crippen molar-refractivity contribution in [2.75, 3.05) is 6.61 Å². The molecule has 5 atom stereocenters. The molecule has 0 bridgehead atoms. The molecular formula is C21H32O6. The van der Waals surface area contributed by atoms with Crippen LogP contribution in [0.1, 0.15) is 54.4 Å². The topological polar surface area (TPSA) is 104 Å². The van der Waals surface area contributed by atoms with Crippen molar-refractivity contribution < 1.29 is 29.6 Å². The molecule has 2 aliphatic carbocycles. The largest absolute Gasteiger partial charge is 0.460 e. The second-order valence-corrected chi connectivity index (χ2v) is 8.88. The lowest BCUT2D eigenvalue weighted by Crippen LogP contribution is -2.58. The minimum Gasteiger partial charge on any atom is -0.460 e. The van der Waals surface area contributed by atoms with Crippen molar-refractivity contribution in [3.63, 3.8) is 0 Å². The van der Waals surface area contributed by atoms with E-state index in [4.69, 9.17) is 4.74 Å². The van der Waals surface area contributed by atoms with E-state index in [1.165, 1.54) is 6.92 Å². The van der Waals surface area contributed by atoms with Crippen molar-refractivity contribution in [2.24, 2.45) is 17.8 Å². The number of esters is 1. The first-order valence-corrected chi connectivity index (χ1v) is 9.46. The molecule has 0 spiro atoms. The molecule has 0 aromatic carbocycles. The second-order valence-electron chi connectivity index (χ2n) is 8.88. The number of rotatable bonds is 5. The van der Waals surface area contributed by atoms with E-state index >= 15 is 0 Å². The SMILES string of the molecule is CC(=O)OC(C)(C)C[C@@H](C)[C@@]1(O)C(C)C=C(CO)C[C@]2(O)C(=O)C(C)=C[C@@H]12. The molecule has 1 unspecified atom stereocenters. The lowest BCUT2D eigenvalue weighted by Gasteiger charge is -2.47. The van der Waals surface area contributed by atoms with Gasteiger partial charge >= 0.3 is 5.97 Å². The zero-order chi connectivity index (χ0) is 20.8. The van der Waals surface area contributed by atoms with Crippen LogP contribution >= 0.6 is 0 Å². The van der Waals surface area contributed by atoms with E-state index in [-0.39, 0.29) is 13.0 Å². The minimum absolute atomic E-state index is 0.00640. The van der Waals surface area contributed by atoms with Gasteiger partial charge in [0.25, 0.3) is 0 Å². The third-order valence-electron chi connectivity index (χ3n) is 6.10. The van der Waals surface area contributed by atoms with Crippen LogP contribution in [0.2, 0.25) is 0 Å². The van der Waals surface area contributed by atoms with E-state index in [1.54, 1.807) is 32.9 Å². The van der Waals surface area contributed by atoms with Crippen LogP contribution in [0.15, 0.2) is 23.3 Å². The summed E-state index contributed by atoms with van der Waals surface area (Å²) in [6.45, 7) is 9.90. The van der Waals surface area contributed by atoms with Crippen LogP contribution in [0.25, 0.3) is 0 Å². The van der Waals surface area contributed by atoms with Crippen molar-refractivity contribution in [3.8, 4) is 0 Å². The van der Waals surface area contributed by atoms with Gasteiger partial charge in [0.05, 0.1) is 12.2 Å². The molecule has 0 radical (unpaired) electrons. The molecule has 0 amide bonds. The summed E-state index contributed by atoms with van der Waals surface area (Å²) in [5, 5.41) is 32.8. The van der Waals surface area contributed by atoms with E-state index < -0.39 is 46.3 Å². The first kappa shape index (κ1) is 21.8. The summed E-state index contributed by atoms with van der Waals surface area (Å²) >= 11 is 0. The molecule has 27 heavy (non-hydrogen) atoms. The standard InChI is InChI=1S/C21H32O6/c1-12-7-17-20(25,18(12)24)10-16(11-22)8-13(2)21(17,26)14(3)9-19(5,6)27-15(4)23/h7-8,13-14,17,22,25-26H,9-11H2,1-6H3/t13?,14-,17-,20-,21+/m1/s1. The minimum atomic E-state index is -1.78. The van der Waals surface area contributed by atoms with Gasteiger partial charge in [0.15, 0.2) is 5.78 Å². The molecule has 0 saturated carbocycles. The van der Waals surface area contributed by atoms with Crippen LogP contribution < -0.4 is 0 Å². The van der Waals surface area contributed by atoms with Crippen molar-refractivity contribution in [2.45, 2.75) is 71.2 Å². The van der Waals surface area contributed by atoms with Crippen LogP contribution in [0, 0.1) is 17.8 Å². The number of hydrogen-bond acceptors (Lipinski definition) is 6. The predicted molar refractivity (Wildman–Crippen MR) is 101 cm³/mol. The summed E-state index contributed by atoms with van der Waals surface area (Å²) in [6, 6.07) is 0. The highest BCUT2D eigenvalue weighted by molar-refractivity contribution is 6.04. The van der Waals surface area contributed by atoms with E-state index in [0.717, 1.165) is 0 Å². The molecule has 152 valence electrons. The summed E-state index contributed by atoms with van der Waals surface area (Å²) in [5.41, 5.74) is -3.09. The average molecular weight is 380 g/mol. The van der Waals surface area contributed by atoms with Crippen molar-refractivity contribution >= 4 is 11.8 Å². The van der Waals surface area contributed by atoms with Crippen LogP contribution in [0.4, 0.5) is 0 Å². The fraction of sp³-hybridized carbons (Fsp3) is 0.714. The number of carbonyl (C=O) groups excluding carboxylic acids is 2. The maximum absolute atomic E-state index is 12.7. The monoisotopic (exact) mass is 380 g/mol. The molecule has 0 heterocycles.